The molecule has 4 aromatic rings. The number of aryl methyl sites for hydroxylation is 1. The summed E-state index contributed by atoms with van der Waals surface area (Å²) in [6.07, 6.45) is 0. The molecule has 8 heteroatoms. The minimum absolute atomic E-state index is 0.288. The Hall–Kier alpha value is -2.77. The van der Waals surface area contributed by atoms with Gasteiger partial charge in [0, 0.05) is 16.7 Å². The molecule has 2 heterocycles. The Morgan fingerprint density at radius 3 is 2.73 bits per heavy atom. The molecule has 0 radical (unpaired) electrons. The SMILES string of the molecule is Cc1cc(NC(=O)c2ccc(Cl)cc2)n(-c2nc3c(F)cccc3s2)n1. The van der Waals surface area contributed by atoms with E-state index in [1.807, 2.05) is 6.92 Å². The van der Waals surface area contributed by atoms with E-state index >= 15 is 0 Å². The highest BCUT2D eigenvalue weighted by atomic mass is 35.5. The molecule has 0 saturated heterocycles. The van der Waals surface area contributed by atoms with E-state index in [-0.39, 0.29) is 17.2 Å². The van der Waals surface area contributed by atoms with Gasteiger partial charge < -0.3 is 5.32 Å². The number of hydrogen-bond acceptors (Lipinski definition) is 4. The lowest BCUT2D eigenvalue weighted by Crippen LogP contribution is -2.15. The standard InChI is InChI=1S/C18H12ClFN4OS/c1-10-9-15(21-17(25)11-5-7-12(19)8-6-11)24(23-10)18-22-16-13(20)3-2-4-14(16)26-18/h2-9H,1H3,(H,21,25). The number of carbonyl (C=O) groups excluding carboxylic acids is 1. The van der Waals surface area contributed by atoms with Gasteiger partial charge in [-0.1, -0.05) is 29.0 Å². The summed E-state index contributed by atoms with van der Waals surface area (Å²) in [6, 6.07) is 13.1. The van der Waals surface area contributed by atoms with Crippen LogP contribution in [0, 0.1) is 12.7 Å². The van der Waals surface area contributed by atoms with Crippen LogP contribution < -0.4 is 5.32 Å². The second-order valence-electron chi connectivity index (χ2n) is 5.63. The number of hydrogen-bond donors (Lipinski definition) is 1. The van der Waals surface area contributed by atoms with E-state index in [9.17, 15) is 9.18 Å². The van der Waals surface area contributed by atoms with Gasteiger partial charge in [-0.05, 0) is 43.3 Å². The largest absolute Gasteiger partial charge is 0.306 e. The number of para-hydroxylation sites is 1. The summed E-state index contributed by atoms with van der Waals surface area (Å²) in [7, 11) is 0. The Kier molecular flexibility index (Phi) is 4.18. The van der Waals surface area contributed by atoms with E-state index in [4.69, 9.17) is 11.6 Å². The fraction of sp³-hybridized carbons (Fsp3) is 0.0556. The third-order valence-corrected chi connectivity index (χ3v) is 4.97. The number of aromatic nitrogens is 3. The minimum Gasteiger partial charge on any atom is -0.306 e. The van der Waals surface area contributed by atoms with Crippen LogP contribution in [0.2, 0.25) is 5.02 Å². The summed E-state index contributed by atoms with van der Waals surface area (Å²) in [5.41, 5.74) is 1.46. The molecule has 130 valence electrons. The zero-order valence-corrected chi connectivity index (χ0v) is 15.1. The number of anilines is 1. The van der Waals surface area contributed by atoms with Gasteiger partial charge in [0.25, 0.3) is 5.91 Å². The van der Waals surface area contributed by atoms with Gasteiger partial charge in [-0.3, -0.25) is 4.79 Å². The zero-order valence-electron chi connectivity index (χ0n) is 13.5. The molecule has 1 N–H and O–H groups in total. The van der Waals surface area contributed by atoms with Crippen LogP contribution in [0.5, 0.6) is 0 Å². The van der Waals surface area contributed by atoms with Crippen molar-refractivity contribution >= 4 is 44.9 Å². The monoisotopic (exact) mass is 386 g/mol. The molecule has 0 unspecified atom stereocenters. The van der Waals surface area contributed by atoms with E-state index in [0.717, 1.165) is 0 Å². The molecule has 5 nitrogen and oxygen atoms in total. The summed E-state index contributed by atoms with van der Waals surface area (Å²) in [5, 5.41) is 8.22. The topological polar surface area (TPSA) is 59.8 Å². The fourth-order valence-electron chi connectivity index (χ4n) is 2.52. The average molecular weight is 387 g/mol. The summed E-state index contributed by atoms with van der Waals surface area (Å²) < 4.78 is 16.1. The van der Waals surface area contributed by atoms with Gasteiger partial charge in [-0.15, -0.1) is 0 Å². The number of nitrogens with zero attached hydrogens (tertiary/aromatic N) is 3. The first-order valence-electron chi connectivity index (χ1n) is 7.70. The maximum atomic E-state index is 13.9. The van der Waals surface area contributed by atoms with Gasteiger partial charge in [0.2, 0.25) is 5.13 Å². The first kappa shape index (κ1) is 16.7. The molecule has 0 aliphatic rings. The molecule has 26 heavy (non-hydrogen) atoms. The second-order valence-corrected chi connectivity index (χ2v) is 7.07. The molecule has 1 amide bonds. The predicted octanol–water partition coefficient (Wildman–Crippen LogP) is 4.84. The highest BCUT2D eigenvalue weighted by Gasteiger charge is 2.16. The first-order chi connectivity index (χ1) is 12.5. The van der Waals surface area contributed by atoms with Crippen LogP contribution in [0.15, 0.2) is 48.5 Å². The van der Waals surface area contributed by atoms with Gasteiger partial charge in [0.1, 0.15) is 17.2 Å². The van der Waals surface area contributed by atoms with Crippen molar-refractivity contribution in [3.63, 3.8) is 0 Å². The number of rotatable bonds is 3. The number of thiazole rings is 1. The van der Waals surface area contributed by atoms with Crippen molar-refractivity contribution in [2.24, 2.45) is 0 Å². The molecular weight excluding hydrogens is 375 g/mol. The Morgan fingerprint density at radius 1 is 1.23 bits per heavy atom. The number of amides is 1. The lowest BCUT2D eigenvalue weighted by atomic mass is 10.2. The van der Waals surface area contributed by atoms with Crippen LogP contribution in [0.25, 0.3) is 15.3 Å². The van der Waals surface area contributed by atoms with Crippen LogP contribution in [-0.2, 0) is 0 Å². The Labute approximate surface area is 157 Å². The summed E-state index contributed by atoms with van der Waals surface area (Å²) >= 11 is 7.15. The zero-order chi connectivity index (χ0) is 18.3. The summed E-state index contributed by atoms with van der Waals surface area (Å²) in [5.74, 6) is -0.224. The van der Waals surface area contributed by atoms with E-state index in [2.05, 4.69) is 15.4 Å². The maximum Gasteiger partial charge on any atom is 0.256 e. The molecule has 0 spiro atoms. The van der Waals surface area contributed by atoms with Gasteiger partial charge >= 0.3 is 0 Å². The molecule has 0 saturated carbocycles. The van der Waals surface area contributed by atoms with Crippen molar-refractivity contribution in [1.29, 1.82) is 0 Å². The van der Waals surface area contributed by atoms with Gasteiger partial charge in [0.05, 0.1) is 10.4 Å². The molecule has 0 aliphatic heterocycles. The van der Waals surface area contributed by atoms with Crippen molar-refractivity contribution in [2.45, 2.75) is 6.92 Å². The quantitative estimate of drug-likeness (QED) is 0.548. The Bertz CT molecular complexity index is 1120. The molecule has 2 aromatic heterocycles. The smallest absolute Gasteiger partial charge is 0.256 e. The third-order valence-electron chi connectivity index (χ3n) is 3.72. The Morgan fingerprint density at radius 2 is 2.00 bits per heavy atom. The van der Waals surface area contributed by atoms with Crippen molar-refractivity contribution < 1.29 is 9.18 Å². The van der Waals surface area contributed by atoms with E-state index in [1.54, 1.807) is 42.5 Å². The van der Waals surface area contributed by atoms with Crippen molar-refractivity contribution in [2.75, 3.05) is 5.32 Å². The molecule has 4 rings (SSSR count). The van der Waals surface area contributed by atoms with Gasteiger partial charge in [0.15, 0.2) is 0 Å². The normalized spacial score (nSPS) is 11.0. The Balaban J connectivity index is 1.71. The molecule has 0 atom stereocenters. The molecular formula is C18H12ClFN4OS. The van der Waals surface area contributed by atoms with Crippen molar-refractivity contribution in [3.05, 3.63) is 70.6 Å². The first-order valence-corrected chi connectivity index (χ1v) is 8.90. The molecule has 0 aliphatic carbocycles. The number of carbonyl (C=O) groups is 1. The predicted molar refractivity (Wildman–Crippen MR) is 101 cm³/mol. The van der Waals surface area contributed by atoms with E-state index in [1.165, 1.54) is 22.1 Å². The molecule has 0 bridgehead atoms. The van der Waals surface area contributed by atoms with E-state index in [0.29, 0.717) is 31.9 Å². The van der Waals surface area contributed by atoms with Crippen LogP contribution in [-0.4, -0.2) is 20.7 Å². The summed E-state index contributed by atoms with van der Waals surface area (Å²) in [4.78, 5) is 16.8. The van der Waals surface area contributed by atoms with Crippen LogP contribution in [0.3, 0.4) is 0 Å². The molecule has 0 fully saturated rings. The average Bonchev–Trinajstić information content (AvgIpc) is 3.19. The van der Waals surface area contributed by atoms with Crippen LogP contribution in [0.1, 0.15) is 16.1 Å². The van der Waals surface area contributed by atoms with Crippen LogP contribution >= 0.6 is 22.9 Å². The fourth-order valence-corrected chi connectivity index (χ4v) is 3.59. The number of benzene rings is 2. The second kappa shape index (κ2) is 6.51. The lowest BCUT2D eigenvalue weighted by Gasteiger charge is -2.06. The van der Waals surface area contributed by atoms with Crippen molar-refractivity contribution in [1.82, 2.24) is 14.8 Å². The minimum atomic E-state index is -0.388. The highest BCUT2D eigenvalue weighted by Crippen LogP contribution is 2.28. The lowest BCUT2D eigenvalue weighted by molar-refractivity contribution is 0.102. The van der Waals surface area contributed by atoms with Crippen LogP contribution in [0.4, 0.5) is 10.2 Å². The van der Waals surface area contributed by atoms with Crippen molar-refractivity contribution in [3.8, 4) is 5.13 Å². The number of fused-ring (bicyclic) bond motifs is 1. The third kappa shape index (κ3) is 3.07. The van der Waals surface area contributed by atoms with Gasteiger partial charge in [-0.2, -0.15) is 9.78 Å². The number of nitrogens with one attached hydrogen (secondary N) is 1. The van der Waals surface area contributed by atoms with E-state index < -0.39 is 0 Å². The number of halogens is 2. The highest BCUT2D eigenvalue weighted by molar-refractivity contribution is 7.20. The molecule has 2 aromatic carbocycles. The maximum absolute atomic E-state index is 13.9. The van der Waals surface area contributed by atoms with Gasteiger partial charge in [-0.25, -0.2) is 9.37 Å². The summed E-state index contributed by atoms with van der Waals surface area (Å²) in [6.45, 7) is 1.81.